The molecule has 0 aliphatic carbocycles. The Labute approximate surface area is 153 Å². The van der Waals surface area contributed by atoms with Gasteiger partial charge in [-0.2, -0.15) is 0 Å². The zero-order chi connectivity index (χ0) is 18.4. The predicted octanol–water partition coefficient (Wildman–Crippen LogP) is 2.94. The molecule has 0 saturated heterocycles. The first-order valence-electron chi connectivity index (χ1n) is 7.90. The van der Waals surface area contributed by atoms with Crippen LogP contribution in [0.25, 0.3) is 0 Å². The first kappa shape index (κ1) is 20.7. The highest BCUT2D eigenvalue weighted by atomic mass is 35.5. The average molecular weight is 374 g/mol. The number of hydrogen-bond donors (Lipinski definition) is 2. The summed E-state index contributed by atoms with van der Waals surface area (Å²) in [4.78, 5) is 26.2. The standard InChI is InChI=1S/C17H25Cl2N3O2/c1-10(2)14(20)8-9-22(4)17(24)11(3)21-16(23)12-6-5-7-13(18)15(12)19/h5-7,10-11,14H,8-9,20H2,1-4H3,(H,21,23). The minimum absolute atomic E-state index is 0.0374. The maximum Gasteiger partial charge on any atom is 0.253 e. The Hall–Kier alpha value is -1.30. The molecule has 24 heavy (non-hydrogen) atoms. The monoisotopic (exact) mass is 373 g/mol. The molecule has 0 radical (unpaired) electrons. The maximum absolute atomic E-state index is 12.4. The van der Waals surface area contributed by atoms with E-state index >= 15 is 0 Å². The average Bonchev–Trinajstić information content (AvgIpc) is 2.53. The molecular weight excluding hydrogens is 349 g/mol. The second kappa shape index (κ2) is 9.25. The second-order valence-electron chi connectivity index (χ2n) is 6.25. The van der Waals surface area contributed by atoms with Crippen molar-refractivity contribution in [1.82, 2.24) is 10.2 Å². The van der Waals surface area contributed by atoms with Crippen LogP contribution in [-0.2, 0) is 4.79 Å². The lowest BCUT2D eigenvalue weighted by molar-refractivity contribution is -0.131. The molecular formula is C17H25Cl2N3O2. The zero-order valence-electron chi connectivity index (χ0n) is 14.5. The van der Waals surface area contributed by atoms with Crippen LogP contribution >= 0.6 is 23.2 Å². The van der Waals surface area contributed by atoms with Crippen molar-refractivity contribution in [3.8, 4) is 0 Å². The van der Waals surface area contributed by atoms with Crippen molar-refractivity contribution < 1.29 is 9.59 Å². The van der Waals surface area contributed by atoms with Crippen LogP contribution in [0.15, 0.2) is 18.2 Å². The van der Waals surface area contributed by atoms with E-state index < -0.39 is 11.9 Å². The number of nitrogens with one attached hydrogen (secondary N) is 1. The van der Waals surface area contributed by atoms with Gasteiger partial charge in [0, 0.05) is 19.6 Å². The molecule has 0 saturated carbocycles. The third-order valence-corrected chi connectivity index (χ3v) is 4.76. The Bertz CT molecular complexity index is 593. The van der Waals surface area contributed by atoms with Crippen LogP contribution in [0.2, 0.25) is 10.0 Å². The molecule has 0 bridgehead atoms. The molecule has 0 aliphatic heterocycles. The van der Waals surface area contributed by atoms with E-state index in [4.69, 9.17) is 28.9 Å². The quantitative estimate of drug-likeness (QED) is 0.771. The van der Waals surface area contributed by atoms with E-state index in [0.717, 1.165) is 0 Å². The fraction of sp³-hybridized carbons (Fsp3) is 0.529. The van der Waals surface area contributed by atoms with E-state index in [-0.39, 0.29) is 22.5 Å². The van der Waals surface area contributed by atoms with Crippen molar-refractivity contribution in [2.45, 2.75) is 39.3 Å². The molecule has 2 atom stereocenters. The van der Waals surface area contributed by atoms with Crippen LogP contribution in [0, 0.1) is 5.92 Å². The molecule has 0 aliphatic rings. The fourth-order valence-electron chi connectivity index (χ4n) is 2.13. The molecule has 3 N–H and O–H groups in total. The normalized spacial score (nSPS) is 13.5. The summed E-state index contributed by atoms with van der Waals surface area (Å²) in [5, 5.41) is 3.12. The molecule has 0 heterocycles. The van der Waals surface area contributed by atoms with Crippen LogP contribution < -0.4 is 11.1 Å². The number of carbonyl (C=O) groups is 2. The Balaban J connectivity index is 2.63. The highest BCUT2D eigenvalue weighted by Gasteiger charge is 2.22. The van der Waals surface area contributed by atoms with Crippen molar-refractivity contribution in [3.05, 3.63) is 33.8 Å². The number of halogens is 2. The minimum Gasteiger partial charge on any atom is -0.344 e. The maximum atomic E-state index is 12.4. The van der Waals surface area contributed by atoms with Gasteiger partial charge in [0.05, 0.1) is 15.6 Å². The number of hydrogen-bond acceptors (Lipinski definition) is 3. The van der Waals surface area contributed by atoms with Gasteiger partial charge in [-0.05, 0) is 31.4 Å². The van der Waals surface area contributed by atoms with Crippen LogP contribution in [0.5, 0.6) is 0 Å². The first-order chi connectivity index (χ1) is 11.1. The molecule has 2 amide bonds. The van der Waals surface area contributed by atoms with Crippen molar-refractivity contribution in [3.63, 3.8) is 0 Å². The van der Waals surface area contributed by atoms with E-state index in [1.54, 1.807) is 37.1 Å². The number of benzene rings is 1. The van der Waals surface area contributed by atoms with Crippen molar-refractivity contribution in [2.24, 2.45) is 11.7 Å². The van der Waals surface area contributed by atoms with Gasteiger partial charge in [0.1, 0.15) is 6.04 Å². The second-order valence-corrected chi connectivity index (χ2v) is 7.04. The predicted molar refractivity (Wildman–Crippen MR) is 98.5 cm³/mol. The van der Waals surface area contributed by atoms with Crippen LogP contribution in [0.3, 0.4) is 0 Å². The molecule has 1 aromatic carbocycles. The van der Waals surface area contributed by atoms with Gasteiger partial charge >= 0.3 is 0 Å². The molecule has 7 heteroatoms. The van der Waals surface area contributed by atoms with E-state index in [9.17, 15) is 9.59 Å². The first-order valence-corrected chi connectivity index (χ1v) is 8.66. The Morgan fingerprint density at radius 2 is 1.88 bits per heavy atom. The summed E-state index contributed by atoms with van der Waals surface area (Å²) in [6, 6.07) is 4.16. The number of nitrogens with zero attached hydrogens (tertiary/aromatic N) is 1. The molecule has 2 unspecified atom stereocenters. The third kappa shape index (κ3) is 5.65. The molecule has 1 aromatic rings. The number of nitrogens with two attached hydrogens (primary N) is 1. The largest absolute Gasteiger partial charge is 0.344 e. The van der Waals surface area contributed by atoms with Crippen molar-refractivity contribution in [2.75, 3.05) is 13.6 Å². The van der Waals surface area contributed by atoms with Gasteiger partial charge in [-0.15, -0.1) is 0 Å². The summed E-state index contributed by atoms with van der Waals surface area (Å²) in [7, 11) is 1.70. The van der Waals surface area contributed by atoms with E-state index in [1.807, 2.05) is 13.8 Å². The van der Waals surface area contributed by atoms with Gasteiger partial charge in [-0.1, -0.05) is 43.1 Å². The summed E-state index contributed by atoms with van der Waals surface area (Å²) in [5.41, 5.74) is 6.24. The summed E-state index contributed by atoms with van der Waals surface area (Å²) >= 11 is 11.9. The molecule has 0 aromatic heterocycles. The minimum atomic E-state index is -0.673. The lowest BCUT2D eigenvalue weighted by Crippen LogP contribution is -2.46. The van der Waals surface area contributed by atoms with Crippen LogP contribution in [0.4, 0.5) is 0 Å². The van der Waals surface area contributed by atoms with Gasteiger partial charge in [-0.25, -0.2) is 0 Å². The zero-order valence-corrected chi connectivity index (χ0v) is 16.0. The lowest BCUT2D eigenvalue weighted by Gasteiger charge is -2.24. The SMILES string of the molecule is CC(NC(=O)c1cccc(Cl)c1Cl)C(=O)N(C)CCC(N)C(C)C. The summed E-state index contributed by atoms with van der Waals surface area (Å²) < 4.78 is 0. The van der Waals surface area contributed by atoms with Gasteiger partial charge in [0.2, 0.25) is 5.91 Å². The highest BCUT2D eigenvalue weighted by molar-refractivity contribution is 6.43. The smallest absolute Gasteiger partial charge is 0.253 e. The van der Waals surface area contributed by atoms with Crippen LogP contribution in [0.1, 0.15) is 37.6 Å². The Morgan fingerprint density at radius 3 is 2.46 bits per heavy atom. The molecule has 0 spiro atoms. The third-order valence-electron chi connectivity index (χ3n) is 3.94. The van der Waals surface area contributed by atoms with Gasteiger partial charge in [0.25, 0.3) is 5.91 Å². The van der Waals surface area contributed by atoms with Gasteiger partial charge in [0.15, 0.2) is 0 Å². The summed E-state index contributed by atoms with van der Waals surface area (Å²) in [5.74, 6) is -0.260. The number of rotatable bonds is 7. The summed E-state index contributed by atoms with van der Waals surface area (Å²) in [6.45, 7) is 6.27. The fourth-order valence-corrected chi connectivity index (χ4v) is 2.52. The number of likely N-dealkylation sites (N-methyl/N-ethyl adjacent to an activating group) is 1. The molecule has 0 fully saturated rings. The topological polar surface area (TPSA) is 75.4 Å². The van der Waals surface area contributed by atoms with Crippen molar-refractivity contribution >= 4 is 35.0 Å². The number of carbonyl (C=O) groups excluding carboxylic acids is 2. The van der Waals surface area contributed by atoms with Crippen molar-refractivity contribution in [1.29, 1.82) is 0 Å². The molecule has 5 nitrogen and oxygen atoms in total. The highest BCUT2D eigenvalue weighted by Crippen LogP contribution is 2.25. The van der Waals surface area contributed by atoms with Gasteiger partial charge < -0.3 is 16.0 Å². The van der Waals surface area contributed by atoms with E-state index in [2.05, 4.69) is 5.32 Å². The van der Waals surface area contributed by atoms with Crippen LogP contribution in [-0.4, -0.2) is 42.4 Å². The Kier molecular flexibility index (Phi) is 8.00. The Morgan fingerprint density at radius 1 is 1.25 bits per heavy atom. The summed E-state index contributed by atoms with van der Waals surface area (Å²) in [6.07, 6.45) is 0.709. The molecule has 134 valence electrons. The van der Waals surface area contributed by atoms with E-state index in [0.29, 0.717) is 23.9 Å². The van der Waals surface area contributed by atoms with Gasteiger partial charge in [-0.3, -0.25) is 9.59 Å². The molecule has 1 rings (SSSR count). The number of amides is 2. The van der Waals surface area contributed by atoms with E-state index in [1.165, 1.54) is 0 Å². The lowest BCUT2D eigenvalue weighted by atomic mass is 10.0.